The number of amides is 1. The van der Waals surface area contributed by atoms with Crippen LogP contribution >= 0.6 is 15.9 Å². The van der Waals surface area contributed by atoms with Gasteiger partial charge in [-0.05, 0) is 51.8 Å². The molecular formula is C18H22BrN3O2. The third-order valence-corrected chi connectivity index (χ3v) is 4.45. The molecule has 1 aromatic carbocycles. The molecule has 1 atom stereocenters. The Morgan fingerprint density at radius 1 is 1.38 bits per heavy atom. The number of H-pyrrole nitrogens is 1. The van der Waals surface area contributed by atoms with Gasteiger partial charge in [0.1, 0.15) is 5.60 Å². The van der Waals surface area contributed by atoms with Gasteiger partial charge < -0.3 is 4.74 Å². The van der Waals surface area contributed by atoms with E-state index < -0.39 is 5.60 Å². The third-order valence-electron chi connectivity index (χ3n) is 3.96. The highest BCUT2D eigenvalue weighted by Crippen LogP contribution is 2.34. The van der Waals surface area contributed by atoms with Crippen LogP contribution in [0.15, 0.2) is 34.8 Å². The van der Waals surface area contributed by atoms with Crippen molar-refractivity contribution < 1.29 is 9.53 Å². The normalized spacial score (nSPS) is 18.0. The summed E-state index contributed by atoms with van der Waals surface area (Å²) in [6.07, 6.45) is 1.62. The van der Waals surface area contributed by atoms with Gasteiger partial charge in [0.05, 0.1) is 17.4 Å². The molecular weight excluding hydrogens is 370 g/mol. The topological polar surface area (TPSA) is 58.2 Å². The van der Waals surface area contributed by atoms with E-state index in [9.17, 15) is 4.79 Å². The van der Waals surface area contributed by atoms with Gasteiger partial charge in [0.25, 0.3) is 0 Å². The number of carbonyl (C=O) groups excluding carboxylic acids is 1. The number of carbonyl (C=O) groups is 1. The second-order valence-corrected chi connectivity index (χ2v) is 7.97. The molecule has 24 heavy (non-hydrogen) atoms. The van der Waals surface area contributed by atoms with E-state index in [0.717, 1.165) is 34.3 Å². The summed E-state index contributed by atoms with van der Waals surface area (Å²) in [5.74, 6) is 0. The lowest BCUT2D eigenvalue weighted by Gasteiger charge is -2.28. The van der Waals surface area contributed by atoms with Crippen LogP contribution in [-0.4, -0.2) is 33.3 Å². The van der Waals surface area contributed by atoms with E-state index in [-0.39, 0.29) is 12.1 Å². The summed E-state index contributed by atoms with van der Waals surface area (Å²) in [4.78, 5) is 14.2. The molecule has 1 aromatic heterocycles. The maximum absolute atomic E-state index is 12.4. The summed E-state index contributed by atoms with van der Waals surface area (Å²) in [6.45, 7) is 6.37. The summed E-state index contributed by atoms with van der Waals surface area (Å²) < 4.78 is 6.54. The minimum absolute atomic E-state index is 0.00625. The van der Waals surface area contributed by atoms with E-state index in [0.29, 0.717) is 6.54 Å². The van der Waals surface area contributed by atoms with Crippen molar-refractivity contribution in [1.82, 2.24) is 15.1 Å². The van der Waals surface area contributed by atoms with Crippen LogP contribution in [0.5, 0.6) is 0 Å². The molecule has 5 nitrogen and oxygen atoms in total. The van der Waals surface area contributed by atoms with Gasteiger partial charge >= 0.3 is 6.09 Å². The fraction of sp³-hybridized carbons (Fsp3) is 0.444. The third kappa shape index (κ3) is 3.80. The molecule has 6 heteroatoms. The van der Waals surface area contributed by atoms with Gasteiger partial charge in [0.2, 0.25) is 0 Å². The van der Waals surface area contributed by atoms with Gasteiger partial charge in [-0.2, -0.15) is 5.10 Å². The van der Waals surface area contributed by atoms with Crippen molar-refractivity contribution in [2.45, 2.75) is 45.3 Å². The fourth-order valence-electron chi connectivity index (χ4n) is 2.93. The Morgan fingerprint density at radius 2 is 2.17 bits per heavy atom. The Morgan fingerprint density at radius 3 is 2.88 bits per heavy atom. The molecule has 3 rings (SSSR count). The van der Waals surface area contributed by atoms with Crippen LogP contribution in [0, 0.1) is 0 Å². The molecule has 2 heterocycles. The van der Waals surface area contributed by atoms with E-state index >= 15 is 0 Å². The van der Waals surface area contributed by atoms with Crippen LogP contribution in [0.1, 0.15) is 45.3 Å². The van der Waals surface area contributed by atoms with Crippen molar-refractivity contribution in [2.24, 2.45) is 0 Å². The van der Waals surface area contributed by atoms with Gasteiger partial charge in [-0.3, -0.25) is 10.00 Å². The lowest BCUT2D eigenvalue weighted by Crippen LogP contribution is -2.36. The first kappa shape index (κ1) is 17.0. The first-order valence-electron chi connectivity index (χ1n) is 8.14. The number of likely N-dealkylation sites (tertiary alicyclic amines) is 1. The molecule has 1 aliphatic heterocycles. The van der Waals surface area contributed by atoms with Crippen molar-refractivity contribution in [3.05, 3.63) is 40.5 Å². The Labute approximate surface area is 150 Å². The second kappa shape index (κ2) is 6.59. The first-order chi connectivity index (χ1) is 11.3. The van der Waals surface area contributed by atoms with Crippen LogP contribution in [-0.2, 0) is 4.74 Å². The number of aromatic nitrogens is 2. The fourth-order valence-corrected chi connectivity index (χ4v) is 3.33. The van der Waals surface area contributed by atoms with Gasteiger partial charge in [-0.25, -0.2) is 4.79 Å². The number of benzene rings is 1. The van der Waals surface area contributed by atoms with Crippen LogP contribution < -0.4 is 0 Å². The molecule has 1 saturated heterocycles. The van der Waals surface area contributed by atoms with Gasteiger partial charge in [0, 0.05) is 16.6 Å². The van der Waals surface area contributed by atoms with Crippen molar-refractivity contribution in [1.29, 1.82) is 0 Å². The predicted molar refractivity (Wildman–Crippen MR) is 96.6 cm³/mol. The molecule has 0 radical (unpaired) electrons. The van der Waals surface area contributed by atoms with Crippen LogP contribution in [0.2, 0.25) is 0 Å². The maximum Gasteiger partial charge on any atom is 0.410 e. The molecule has 1 unspecified atom stereocenters. The number of halogens is 1. The molecule has 0 aliphatic carbocycles. The summed E-state index contributed by atoms with van der Waals surface area (Å²) in [7, 11) is 0. The minimum atomic E-state index is -0.486. The van der Waals surface area contributed by atoms with E-state index in [1.807, 2.05) is 51.1 Å². The summed E-state index contributed by atoms with van der Waals surface area (Å²) in [6, 6.07) is 10.0. The van der Waals surface area contributed by atoms with Crippen molar-refractivity contribution >= 4 is 22.0 Å². The van der Waals surface area contributed by atoms with E-state index in [1.165, 1.54) is 0 Å². The Hall–Kier alpha value is -1.82. The molecule has 2 aromatic rings. The average Bonchev–Trinajstić information content (AvgIpc) is 3.14. The number of aromatic amines is 1. The molecule has 1 amide bonds. The molecule has 0 spiro atoms. The highest BCUT2D eigenvalue weighted by Gasteiger charge is 2.34. The lowest BCUT2D eigenvalue weighted by molar-refractivity contribution is 0.0221. The van der Waals surface area contributed by atoms with E-state index in [1.54, 1.807) is 4.90 Å². The number of rotatable bonds is 2. The largest absolute Gasteiger partial charge is 0.444 e. The molecule has 0 saturated carbocycles. The zero-order valence-corrected chi connectivity index (χ0v) is 15.8. The monoisotopic (exact) mass is 391 g/mol. The highest BCUT2D eigenvalue weighted by atomic mass is 79.9. The molecule has 1 N–H and O–H groups in total. The standard InChI is InChI=1S/C18H22BrN3O2/c1-18(2,3)24-17(23)22-9-5-8-16(22)15-11-14(20-21-15)12-6-4-7-13(19)10-12/h4,6-7,10-11,16H,5,8-9H2,1-3H3,(H,20,21). The lowest BCUT2D eigenvalue weighted by atomic mass is 10.1. The van der Waals surface area contributed by atoms with Crippen LogP contribution in [0.4, 0.5) is 4.79 Å². The van der Waals surface area contributed by atoms with Crippen LogP contribution in [0.3, 0.4) is 0 Å². The number of hydrogen-bond donors (Lipinski definition) is 1. The SMILES string of the molecule is CC(C)(C)OC(=O)N1CCCC1c1cc(-c2cccc(Br)c2)n[nH]1. The summed E-state index contributed by atoms with van der Waals surface area (Å²) >= 11 is 3.48. The Balaban J connectivity index is 1.80. The summed E-state index contributed by atoms with van der Waals surface area (Å²) in [5.41, 5.74) is 2.38. The number of ether oxygens (including phenoxy) is 1. The minimum Gasteiger partial charge on any atom is -0.444 e. The Kier molecular flexibility index (Phi) is 4.67. The second-order valence-electron chi connectivity index (χ2n) is 7.05. The number of hydrogen-bond acceptors (Lipinski definition) is 3. The predicted octanol–water partition coefficient (Wildman–Crippen LogP) is 4.91. The maximum atomic E-state index is 12.4. The number of nitrogens with one attached hydrogen (secondary N) is 1. The molecule has 0 bridgehead atoms. The zero-order valence-electron chi connectivity index (χ0n) is 14.2. The van der Waals surface area contributed by atoms with Gasteiger partial charge in [-0.15, -0.1) is 0 Å². The van der Waals surface area contributed by atoms with Crippen LogP contribution in [0.25, 0.3) is 11.3 Å². The highest BCUT2D eigenvalue weighted by molar-refractivity contribution is 9.10. The smallest absolute Gasteiger partial charge is 0.410 e. The van der Waals surface area contributed by atoms with Gasteiger partial charge in [0.15, 0.2) is 0 Å². The average molecular weight is 392 g/mol. The van der Waals surface area contributed by atoms with Gasteiger partial charge in [-0.1, -0.05) is 28.1 Å². The quantitative estimate of drug-likeness (QED) is 0.790. The van der Waals surface area contributed by atoms with Crippen molar-refractivity contribution in [3.8, 4) is 11.3 Å². The Bertz CT molecular complexity index is 736. The van der Waals surface area contributed by atoms with E-state index in [2.05, 4.69) is 26.1 Å². The molecule has 1 aliphatic rings. The molecule has 128 valence electrons. The zero-order chi connectivity index (χ0) is 17.3. The first-order valence-corrected chi connectivity index (χ1v) is 8.94. The number of nitrogens with zero attached hydrogens (tertiary/aromatic N) is 2. The molecule has 1 fully saturated rings. The van der Waals surface area contributed by atoms with E-state index in [4.69, 9.17) is 4.74 Å². The van der Waals surface area contributed by atoms with Crippen molar-refractivity contribution in [3.63, 3.8) is 0 Å². The van der Waals surface area contributed by atoms with Crippen molar-refractivity contribution in [2.75, 3.05) is 6.54 Å². The summed E-state index contributed by atoms with van der Waals surface area (Å²) in [5, 5.41) is 7.51.